The minimum absolute atomic E-state index is 0.0343. The molecule has 0 radical (unpaired) electrons. The number of halogens is 3. The van der Waals surface area contributed by atoms with Crippen molar-refractivity contribution in [1.82, 2.24) is 14.9 Å². The Balaban J connectivity index is 2.48. The Labute approximate surface area is 92.7 Å². The van der Waals surface area contributed by atoms with E-state index < -0.39 is 11.9 Å². The zero-order valence-corrected chi connectivity index (χ0v) is 9.60. The Morgan fingerprint density at radius 1 is 1.31 bits per heavy atom. The van der Waals surface area contributed by atoms with Gasteiger partial charge in [0.2, 0.25) is 0 Å². The third kappa shape index (κ3) is 4.22. The van der Waals surface area contributed by atoms with Gasteiger partial charge in [-0.1, -0.05) is 0 Å². The van der Waals surface area contributed by atoms with Crippen LogP contribution in [0.4, 0.5) is 13.2 Å². The molecule has 0 fully saturated rings. The van der Waals surface area contributed by atoms with Gasteiger partial charge in [-0.05, 0) is 20.8 Å². The van der Waals surface area contributed by atoms with E-state index in [0.29, 0.717) is 13.1 Å². The number of hydrogen-bond donors (Lipinski definition) is 1. The molecule has 0 aromatic carbocycles. The maximum absolute atomic E-state index is 12.2. The fourth-order valence-corrected chi connectivity index (χ4v) is 1.19. The number of aromatic nitrogens is 2. The van der Waals surface area contributed by atoms with Crippen molar-refractivity contribution in [3.05, 3.63) is 18.2 Å². The minimum atomic E-state index is -4.36. The van der Waals surface area contributed by atoms with Crippen LogP contribution in [0, 0.1) is 0 Å². The van der Waals surface area contributed by atoms with Gasteiger partial charge in [-0.25, -0.2) is 4.98 Å². The van der Waals surface area contributed by atoms with Crippen LogP contribution >= 0.6 is 0 Å². The lowest BCUT2D eigenvalue weighted by molar-refractivity contribution is -0.140. The molecule has 6 heteroatoms. The van der Waals surface area contributed by atoms with Crippen LogP contribution in [0.2, 0.25) is 0 Å². The first kappa shape index (κ1) is 13.0. The molecule has 0 aliphatic heterocycles. The zero-order valence-electron chi connectivity index (χ0n) is 9.60. The molecule has 0 bridgehead atoms. The molecule has 0 unspecified atom stereocenters. The predicted octanol–water partition coefficient (Wildman–Crippen LogP) is 2.29. The molecule has 0 aliphatic rings. The van der Waals surface area contributed by atoms with Crippen molar-refractivity contribution in [2.45, 2.75) is 39.0 Å². The standard InChI is InChI=1S/C10H16F3N3/c1-9(2,3)15-4-5-16-6-8(14-7-16)10(11,12)13/h6-7,15H,4-5H2,1-3H3. The van der Waals surface area contributed by atoms with E-state index in [1.54, 1.807) is 0 Å². The van der Waals surface area contributed by atoms with Crippen molar-refractivity contribution in [2.75, 3.05) is 6.54 Å². The van der Waals surface area contributed by atoms with Crippen LogP contribution < -0.4 is 5.32 Å². The van der Waals surface area contributed by atoms with Crippen molar-refractivity contribution >= 4 is 0 Å². The molecular weight excluding hydrogens is 219 g/mol. The molecule has 92 valence electrons. The van der Waals surface area contributed by atoms with Gasteiger partial charge in [-0.3, -0.25) is 0 Å². The molecule has 16 heavy (non-hydrogen) atoms. The third-order valence-corrected chi connectivity index (χ3v) is 1.95. The van der Waals surface area contributed by atoms with Crippen molar-refractivity contribution in [3.8, 4) is 0 Å². The topological polar surface area (TPSA) is 29.9 Å². The predicted molar refractivity (Wildman–Crippen MR) is 55.0 cm³/mol. The molecule has 1 N–H and O–H groups in total. The van der Waals surface area contributed by atoms with Gasteiger partial charge in [0.15, 0.2) is 5.69 Å². The van der Waals surface area contributed by atoms with Crippen molar-refractivity contribution < 1.29 is 13.2 Å². The van der Waals surface area contributed by atoms with Crippen molar-refractivity contribution in [1.29, 1.82) is 0 Å². The highest BCUT2D eigenvalue weighted by Crippen LogP contribution is 2.27. The van der Waals surface area contributed by atoms with Gasteiger partial charge in [0, 0.05) is 24.8 Å². The molecule has 3 nitrogen and oxygen atoms in total. The number of hydrogen-bond acceptors (Lipinski definition) is 2. The number of imidazole rings is 1. The summed E-state index contributed by atoms with van der Waals surface area (Å²) < 4.78 is 38.1. The lowest BCUT2D eigenvalue weighted by atomic mass is 10.1. The van der Waals surface area contributed by atoms with Crippen LogP contribution in [-0.4, -0.2) is 21.6 Å². The van der Waals surface area contributed by atoms with Gasteiger partial charge < -0.3 is 9.88 Å². The van der Waals surface area contributed by atoms with E-state index in [2.05, 4.69) is 10.3 Å². The van der Waals surface area contributed by atoms with Crippen LogP contribution in [0.1, 0.15) is 26.5 Å². The molecule has 1 heterocycles. The summed E-state index contributed by atoms with van der Waals surface area (Å²) >= 11 is 0. The Bertz CT molecular complexity index is 336. The number of nitrogens with one attached hydrogen (secondary N) is 1. The summed E-state index contributed by atoms with van der Waals surface area (Å²) in [6, 6.07) is 0. The molecule has 1 rings (SSSR count). The summed E-state index contributed by atoms with van der Waals surface area (Å²) in [4.78, 5) is 3.31. The Morgan fingerprint density at radius 2 is 1.94 bits per heavy atom. The Hall–Kier alpha value is -1.04. The summed E-state index contributed by atoms with van der Waals surface area (Å²) in [7, 11) is 0. The maximum atomic E-state index is 12.2. The molecule has 0 saturated heterocycles. The highest BCUT2D eigenvalue weighted by Gasteiger charge is 2.33. The van der Waals surface area contributed by atoms with Crippen LogP contribution in [0.3, 0.4) is 0 Å². The highest BCUT2D eigenvalue weighted by atomic mass is 19.4. The van der Waals surface area contributed by atoms with Crippen LogP contribution in [0.5, 0.6) is 0 Å². The molecular formula is C10H16F3N3. The SMILES string of the molecule is CC(C)(C)NCCn1cnc(C(F)(F)F)c1. The van der Waals surface area contributed by atoms with Gasteiger partial charge in [0.05, 0.1) is 6.33 Å². The number of rotatable bonds is 3. The van der Waals surface area contributed by atoms with E-state index in [-0.39, 0.29) is 5.54 Å². The number of alkyl halides is 3. The lowest BCUT2D eigenvalue weighted by Crippen LogP contribution is -2.37. The summed E-state index contributed by atoms with van der Waals surface area (Å²) in [5.74, 6) is 0. The smallest absolute Gasteiger partial charge is 0.336 e. The summed E-state index contributed by atoms with van der Waals surface area (Å²) in [6.45, 7) is 7.09. The summed E-state index contributed by atoms with van der Waals surface area (Å²) in [5, 5.41) is 3.19. The summed E-state index contributed by atoms with van der Waals surface area (Å²) in [6.07, 6.45) is -2.14. The Kier molecular flexibility index (Phi) is 3.62. The molecule has 0 atom stereocenters. The second kappa shape index (κ2) is 4.45. The molecule has 0 saturated carbocycles. The van der Waals surface area contributed by atoms with E-state index in [9.17, 15) is 13.2 Å². The maximum Gasteiger partial charge on any atom is 0.434 e. The van der Waals surface area contributed by atoms with Crippen molar-refractivity contribution in [2.24, 2.45) is 0 Å². The molecule has 1 aromatic rings. The third-order valence-electron chi connectivity index (χ3n) is 1.95. The van der Waals surface area contributed by atoms with Crippen LogP contribution in [0.25, 0.3) is 0 Å². The van der Waals surface area contributed by atoms with Gasteiger partial charge in [0.1, 0.15) is 0 Å². The molecule has 0 aliphatic carbocycles. The van der Waals surface area contributed by atoms with Crippen LogP contribution in [0.15, 0.2) is 12.5 Å². The molecule has 0 spiro atoms. The van der Waals surface area contributed by atoms with Gasteiger partial charge >= 0.3 is 6.18 Å². The van der Waals surface area contributed by atoms with E-state index >= 15 is 0 Å². The zero-order chi connectivity index (χ0) is 12.4. The lowest BCUT2D eigenvalue weighted by Gasteiger charge is -2.20. The summed E-state index contributed by atoms with van der Waals surface area (Å²) in [5.41, 5.74) is -0.878. The van der Waals surface area contributed by atoms with Gasteiger partial charge in [0.25, 0.3) is 0 Å². The van der Waals surface area contributed by atoms with Gasteiger partial charge in [-0.2, -0.15) is 13.2 Å². The molecule has 0 amide bonds. The van der Waals surface area contributed by atoms with Crippen LogP contribution in [-0.2, 0) is 12.7 Å². The fourth-order valence-electron chi connectivity index (χ4n) is 1.19. The van der Waals surface area contributed by atoms with E-state index in [4.69, 9.17) is 0 Å². The second-order valence-corrected chi connectivity index (χ2v) is 4.67. The fraction of sp³-hybridized carbons (Fsp3) is 0.700. The first-order valence-corrected chi connectivity index (χ1v) is 5.02. The first-order valence-electron chi connectivity index (χ1n) is 5.02. The van der Waals surface area contributed by atoms with Crippen molar-refractivity contribution in [3.63, 3.8) is 0 Å². The minimum Gasteiger partial charge on any atom is -0.336 e. The first-order chi connectivity index (χ1) is 7.18. The largest absolute Gasteiger partial charge is 0.434 e. The highest BCUT2D eigenvalue weighted by molar-refractivity contribution is 5.01. The number of nitrogens with zero attached hydrogens (tertiary/aromatic N) is 2. The quantitative estimate of drug-likeness (QED) is 0.871. The normalized spacial score (nSPS) is 13.1. The average molecular weight is 235 g/mol. The van der Waals surface area contributed by atoms with Gasteiger partial charge in [-0.15, -0.1) is 0 Å². The second-order valence-electron chi connectivity index (χ2n) is 4.67. The van der Waals surface area contributed by atoms with E-state index in [1.165, 1.54) is 10.9 Å². The molecule has 1 aromatic heterocycles. The Morgan fingerprint density at radius 3 is 2.38 bits per heavy atom. The average Bonchev–Trinajstić information content (AvgIpc) is 2.49. The van der Waals surface area contributed by atoms with E-state index in [1.807, 2.05) is 20.8 Å². The monoisotopic (exact) mass is 235 g/mol. The van der Waals surface area contributed by atoms with E-state index in [0.717, 1.165) is 6.20 Å².